The van der Waals surface area contributed by atoms with E-state index in [0.717, 1.165) is 12.0 Å². The average molecular weight is 391 g/mol. The monoisotopic (exact) mass is 390 g/mol. The molecule has 0 spiro atoms. The molecule has 2 aromatic rings. The van der Waals surface area contributed by atoms with Crippen LogP contribution in [0.25, 0.3) is 5.70 Å². The second-order valence-electron chi connectivity index (χ2n) is 8.82. The van der Waals surface area contributed by atoms with Crippen LogP contribution in [0, 0.1) is 13.8 Å². The van der Waals surface area contributed by atoms with Gasteiger partial charge in [-0.3, -0.25) is 14.5 Å². The van der Waals surface area contributed by atoms with Crippen LogP contribution in [0.5, 0.6) is 0 Å². The van der Waals surface area contributed by atoms with Crippen molar-refractivity contribution in [2.24, 2.45) is 0 Å². The van der Waals surface area contributed by atoms with Gasteiger partial charge >= 0.3 is 0 Å². The third-order valence-electron chi connectivity index (χ3n) is 5.60. The number of nitrogens with one attached hydrogen (secondary N) is 1. The zero-order chi connectivity index (χ0) is 21.3. The normalized spacial score (nSPS) is 13.6. The Balaban J connectivity index is 1.59. The van der Waals surface area contributed by atoms with E-state index < -0.39 is 0 Å². The number of carbonyl (C=O) groups is 2. The number of carbonyl (C=O) groups excluding carboxylic acids is 2. The lowest BCUT2D eigenvalue weighted by Gasteiger charge is -2.22. The maximum Gasteiger partial charge on any atom is 0.259 e. The number of rotatable bonds is 5. The maximum atomic E-state index is 12.5. The first-order valence-electron chi connectivity index (χ1n) is 10.1. The van der Waals surface area contributed by atoms with Gasteiger partial charge in [-0.1, -0.05) is 57.7 Å². The van der Waals surface area contributed by atoms with E-state index in [-0.39, 0.29) is 23.8 Å². The first-order valence-corrected chi connectivity index (χ1v) is 10.1. The Morgan fingerprint density at radius 3 is 2.21 bits per heavy atom. The lowest BCUT2D eigenvalue weighted by molar-refractivity contribution is -0.121. The molecule has 2 amide bonds. The highest BCUT2D eigenvalue weighted by Crippen LogP contribution is 2.30. The molecule has 2 aromatic carbocycles. The third kappa shape index (κ3) is 4.26. The number of aryl methyl sites for hydroxylation is 2. The molecular formula is C25H30N2O2. The van der Waals surface area contributed by atoms with Crippen LogP contribution in [0.15, 0.2) is 43.0 Å². The van der Waals surface area contributed by atoms with Gasteiger partial charge in [-0.15, -0.1) is 0 Å². The molecular weight excluding hydrogens is 360 g/mol. The summed E-state index contributed by atoms with van der Waals surface area (Å²) in [7, 11) is 0. The topological polar surface area (TPSA) is 49.4 Å². The number of benzene rings is 2. The minimum atomic E-state index is -0.172. The van der Waals surface area contributed by atoms with Crippen LogP contribution in [0.2, 0.25) is 0 Å². The minimum Gasteiger partial charge on any atom is -0.354 e. The van der Waals surface area contributed by atoms with Gasteiger partial charge in [0.25, 0.3) is 5.91 Å². The van der Waals surface area contributed by atoms with Crippen LogP contribution < -0.4 is 5.32 Å². The summed E-state index contributed by atoms with van der Waals surface area (Å²) in [5.41, 5.74) is 7.21. The fourth-order valence-electron chi connectivity index (χ4n) is 3.85. The van der Waals surface area contributed by atoms with Crippen LogP contribution in [0.3, 0.4) is 0 Å². The van der Waals surface area contributed by atoms with E-state index in [2.05, 4.69) is 58.6 Å². The van der Waals surface area contributed by atoms with Gasteiger partial charge in [-0.25, -0.2) is 0 Å². The van der Waals surface area contributed by atoms with Crippen molar-refractivity contribution in [2.75, 3.05) is 13.1 Å². The smallest absolute Gasteiger partial charge is 0.259 e. The highest BCUT2D eigenvalue weighted by atomic mass is 16.2. The van der Waals surface area contributed by atoms with E-state index in [9.17, 15) is 9.59 Å². The fraction of sp³-hybridized carbons (Fsp3) is 0.360. The Kier molecular flexibility index (Phi) is 5.65. The minimum absolute atomic E-state index is 0.00667. The molecule has 0 bridgehead atoms. The Bertz CT molecular complexity index is 925. The maximum absolute atomic E-state index is 12.5. The van der Waals surface area contributed by atoms with Crippen molar-refractivity contribution >= 4 is 17.5 Å². The highest BCUT2D eigenvalue weighted by Gasteiger charge is 2.31. The van der Waals surface area contributed by atoms with E-state index in [1.807, 2.05) is 18.2 Å². The molecule has 4 nitrogen and oxygen atoms in total. The largest absolute Gasteiger partial charge is 0.354 e. The first-order chi connectivity index (χ1) is 13.6. The van der Waals surface area contributed by atoms with Crippen LogP contribution in [-0.2, 0) is 16.6 Å². The van der Waals surface area contributed by atoms with Crippen LogP contribution in [0.1, 0.15) is 58.9 Å². The van der Waals surface area contributed by atoms with Crippen LogP contribution in [-0.4, -0.2) is 29.8 Å². The van der Waals surface area contributed by atoms with E-state index in [1.165, 1.54) is 27.2 Å². The van der Waals surface area contributed by atoms with E-state index >= 15 is 0 Å². The Morgan fingerprint density at radius 1 is 1.07 bits per heavy atom. The summed E-state index contributed by atoms with van der Waals surface area (Å²) in [4.78, 5) is 26.4. The SMILES string of the molecule is C=C1c2ccccc2C(=O)N1CC(=O)NCCc1c(C)cc(C(C)(C)C)cc1C. The zero-order valence-corrected chi connectivity index (χ0v) is 18.1. The van der Waals surface area contributed by atoms with Crippen LogP contribution >= 0.6 is 0 Å². The molecule has 1 N–H and O–H groups in total. The molecule has 0 aromatic heterocycles. The molecule has 1 heterocycles. The summed E-state index contributed by atoms with van der Waals surface area (Å²) in [6.45, 7) is 15.4. The molecule has 3 rings (SSSR count). The summed E-state index contributed by atoms with van der Waals surface area (Å²) in [6.07, 6.45) is 0.767. The highest BCUT2D eigenvalue weighted by molar-refractivity contribution is 6.10. The summed E-state index contributed by atoms with van der Waals surface area (Å²) in [6, 6.07) is 11.8. The zero-order valence-electron chi connectivity index (χ0n) is 18.1. The van der Waals surface area contributed by atoms with E-state index in [0.29, 0.717) is 17.8 Å². The molecule has 0 saturated carbocycles. The number of hydrogen-bond donors (Lipinski definition) is 1. The van der Waals surface area contributed by atoms with Gasteiger partial charge in [-0.05, 0) is 54.0 Å². The molecule has 0 unspecified atom stereocenters. The van der Waals surface area contributed by atoms with Crippen molar-refractivity contribution in [3.63, 3.8) is 0 Å². The first kappa shape index (κ1) is 20.8. The molecule has 0 saturated heterocycles. The summed E-state index contributed by atoms with van der Waals surface area (Å²) in [5, 5.41) is 2.95. The fourth-order valence-corrected chi connectivity index (χ4v) is 3.85. The van der Waals surface area contributed by atoms with Gasteiger partial charge in [0.1, 0.15) is 6.54 Å². The molecule has 0 atom stereocenters. The van der Waals surface area contributed by atoms with Gasteiger partial charge in [-0.2, -0.15) is 0 Å². The van der Waals surface area contributed by atoms with Gasteiger partial charge < -0.3 is 5.32 Å². The Labute approximate surface area is 173 Å². The molecule has 0 radical (unpaired) electrons. The third-order valence-corrected chi connectivity index (χ3v) is 5.60. The molecule has 29 heavy (non-hydrogen) atoms. The van der Waals surface area contributed by atoms with Gasteiger partial charge in [0.05, 0.1) is 0 Å². The number of amides is 2. The predicted octanol–water partition coefficient (Wildman–Crippen LogP) is 4.39. The van der Waals surface area contributed by atoms with Crippen molar-refractivity contribution in [3.8, 4) is 0 Å². The molecule has 4 heteroatoms. The summed E-state index contributed by atoms with van der Waals surface area (Å²) >= 11 is 0. The molecule has 0 aliphatic carbocycles. The Morgan fingerprint density at radius 2 is 1.66 bits per heavy atom. The van der Waals surface area contributed by atoms with E-state index in [1.54, 1.807) is 6.07 Å². The van der Waals surface area contributed by atoms with Gasteiger partial charge in [0.15, 0.2) is 0 Å². The average Bonchev–Trinajstić information content (AvgIpc) is 2.88. The number of hydrogen-bond acceptors (Lipinski definition) is 2. The van der Waals surface area contributed by atoms with Gasteiger partial charge in [0, 0.05) is 23.4 Å². The van der Waals surface area contributed by atoms with Crippen molar-refractivity contribution in [3.05, 3.63) is 76.4 Å². The lowest BCUT2D eigenvalue weighted by Crippen LogP contribution is -2.37. The molecule has 0 fully saturated rings. The Hall–Kier alpha value is -2.88. The molecule has 1 aliphatic heterocycles. The number of fused-ring (bicyclic) bond motifs is 1. The standard InChI is InChI=1S/C25H30N2O2/c1-16-13-19(25(4,5)6)14-17(2)20(16)11-12-26-23(28)15-27-18(3)21-9-7-8-10-22(21)24(27)29/h7-10,13-14H,3,11-12,15H2,1-2,4-6H3,(H,26,28). The summed E-state index contributed by atoms with van der Waals surface area (Å²) in [5.74, 6) is -0.334. The second-order valence-corrected chi connectivity index (χ2v) is 8.82. The predicted molar refractivity (Wildman–Crippen MR) is 118 cm³/mol. The molecule has 152 valence electrons. The van der Waals surface area contributed by atoms with Crippen LogP contribution in [0.4, 0.5) is 0 Å². The van der Waals surface area contributed by atoms with Gasteiger partial charge in [0.2, 0.25) is 5.91 Å². The summed E-state index contributed by atoms with van der Waals surface area (Å²) < 4.78 is 0. The second kappa shape index (κ2) is 7.86. The van der Waals surface area contributed by atoms with Crippen molar-refractivity contribution < 1.29 is 9.59 Å². The molecule has 1 aliphatic rings. The van der Waals surface area contributed by atoms with Crippen molar-refractivity contribution in [2.45, 2.75) is 46.5 Å². The van der Waals surface area contributed by atoms with Crippen molar-refractivity contribution in [1.29, 1.82) is 0 Å². The number of nitrogens with zero attached hydrogens (tertiary/aromatic N) is 1. The van der Waals surface area contributed by atoms with E-state index in [4.69, 9.17) is 0 Å². The quantitative estimate of drug-likeness (QED) is 0.823. The van der Waals surface area contributed by atoms with Crippen molar-refractivity contribution in [1.82, 2.24) is 10.2 Å². The lowest BCUT2D eigenvalue weighted by atomic mass is 9.83.